The van der Waals surface area contributed by atoms with Crippen molar-refractivity contribution in [2.75, 3.05) is 0 Å². The van der Waals surface area contributed by atoms with E-state index in [1.165, 1.54) is 0 Å². The normalized spacial score (nSPS) is 23.0. The monoisotopic (exact) mass is 192 g/mol. The maximum Gasteiger partial charge on any atom is 0.315 e. The predicted octanol–water partition coefficient (Wildman–Crippen LogP) is 1.89. The minimum Gasteiger partial charge on any atom is -0.431 e. The Kier molecular flexibility index (Phi) is 2.23. The molecular weight excluding hydrogens is 180 g/mol. The Bertz CT molecular complexity index is 350. The fraction of sp³-hybridized carbons (Fsp3) is 0.455. The second-order valence-corrected chi connectivity index (χ2v) is 3.70. The van der Waals surface area contributed by atoms with Crippen LogP contribution in [0.15, 0.2) is 23.5 Å². The molecule has 1 aliphatic carbocycles. The lowest BCUT2D eigenvalue weighted by molar-refractivity contribution is -0.139. The number of hydrogen-bond acceptors (Lipinski definition) is 3. The van der Waals surface area contributed by atoms with Crippen LogP contribution in [0.3, 0.4) is 0 Å². The van der Waals surface area contributed by atoms with Gasteiger partial charge in [-0.05, 0) is 24.0 Å². The standard InChI is InChI=1S/C11H12O3/c1-7-6-11(13)14-10-5-3-8(10)2-4-9(7)12/h1-6H2. The Balaban J connectivity index is 2.18. The van der Waals surface area contributed by atoms with Gasteiger partial charge in [0.1, 0.15) is 5.76 Å². The number of ether oxygens (including phenoxy) is 1. The summed E-state index contributed by atoms with van der Waals surface area (Å²) in [5, 5.41) is 0. The van der Waals surface area contributed by atoms with Crippen LogP contribution < -0.4 is 0 Å². The molecule has 0 saturated heterocycles. The maximum atomic E-state index is 11.4. The van der Waals surface area contributed by atoms with Gasteiger partial charge >= 0.3 is 5.97 Å². The third-order valence-electron chi connectivity index (χ3n) is 2.69. The van der Waals surface area contributed by atoms with Crippen LogP contribution in [-0.4, -0.2) is 11.8 Å². The summed E-state index contributed by atoms with van der Waals surface area (Å²) in [6, 6.07) is 0. The van der Waals surface area contributed by atoms with E-state index in [0.717, 1.165) is 30.6 Å². The highest BCUT2D eigenvalue weighted by molar-refractivity contribution is 5.99. The third kappa shape index (κ3) is 1.62. The van der Waals surface area contributed by atoms with Crippen LogP contribution in [0.5, 0.6) is 0 Å². The molecule has 0 saturated carbocycles. The van der Waals surface area contributed by atoms with Crippen molar-refractivity contribution in [1.82, 2.24) is 0 Å². The topological polar surface area (TPSA) is 43.4 Å². The molecule has 1 aliphatic heterocycles. The van der Waals surface area contributed by atoms with Crippen LogP contribution in [0.25, 0.3) is 0 Å². The zero-order chi connectivity index (χ0) is 10.1. The summed E-state index contributed by atoms with van der Waals surface area (Å²) in [5.74, 6) is 0.428. The average molecular weight is 192 g/mol. The van der Waals surface area contributed by atoms with E-state index in [0.29, 0.717) is 12.0 Å². The summed E-state index contributed by atoms with van der Waals surface area (Å²) in [6.45, 7) is 3.59. The molecule has 2 rings (SSSR count). The van der Waals surface area contributed by atoms with Crippen molar-refractivity contribution < 1.29 is 14.3 Å². The number of ketones is 1. The molecular formula is C11H12O3. The molecule has 0 amide bonds. The Morgan fingerprint density at radius 1 is 1.07 bits per heavy atom. The molecule has 0 radical (unpaired) electrons. The Morgan fingerprint density at radius 2 is 1.79 bits per heavy atom. The van der Waals surface area contributed by atoms with Crippen molar-refractivity contribution in [2.45, 2.75) is 32.1 Å². The van der Waals surface area contributed by atoms with Gasteiger partial charge in [0.05, 0.1) is 6.42 Å². The molecule has 0 fully saturated rings. The summed E-state index contributed by atoms with van der Waals surface area (Å²) >= 11 is 0. The summed E-state index contributed by atoms with van der Waals surface area (Å²) < 4.78 is 5.12. The molecule has 3 heteroatoms. The third-order valence-corrected chi connectivity index (χ3v) is 2.69. The average Bonchev–Trinajstić information content (AvgIpc) is 2.13. The van der Waals surface area contributed by atoms with Crippen molar-refractivity contribution in [1.29, 1.82) is 0 Å². The number of Topliss-reactive ketones (excluding diaryl/α,β-unsaturated/α-hetero) is 1. The van der Waals surface area contributed by atoms with Gasteiger partial charge in [0.15, 0.2) is 5.78 Å². The van der Waals surface area contributed by atoms with Crippen LogP contribution in [0.2, 0.25) is 0 Å². The molecule has 0 atom stereocenters. The van der Waals surface area contributed by atoms with Gasteiger partial charge in [-0.15, -0.1) is 0 Å². The Morgan fingerprint density at radius 3 is 2.43 bits per heavy atom. The number of hydrogen-bond donors (Lipinski definition) is 0. The van der Waals surface area contributed by atoms with E-state index in [9.17, 15) is 9.59 Å². The highest BCUT2D eigenvalue weighted by atomic mass is 16.5. The summed E-state index contributed by atoms with van der Waals surface area (Å²) in [5.41, 5.74) is 1.50. The van der Waals surface area contributed by atoms with Gasteiger partial charge in [-0.1, -0.05) is 6.58 Å². The van der Waals surface area contributed by atoms with E-state index in [1.807, 2.05) is 0 Å². The molecule has 0 spiro atoms. The van der Waals surface area contributed by atoms with Gasteiger partial charge in [0, 0.05) is 12.8 Å². The van der Waals surface area contributed by atoms with E-state index in [4.69, 9.17) is 4.74 Å². The molecule has 0 aromatic heterocycles. The first kappa shape index (κ1) is 9.19. The van der Waals surface area contributed by atoms with Crippen LogP contribution in [0, 0.1) is 0 Å². The number of esters is 1. The lowest BCUT2D eigenvalue weighted by atomic mass is 9.91. The highest BCUT2D eigenvalue weighted by Crippen LogP contribution is 2.33. The lowest BCUT2D eigenvalue weighted by Gasteiger charge is -2.21. The molecule has 0 N–H and O–H groups in total. The number of carbonyl (C=O) groups excluding carboxylic acids is 2. The number of allylic oxidation sites excluding steroid dienone is 2. The molecule has 0 aromatic carbocycles. The van der Waals surface area contributed by atoms with E-state index in [1.54, 1.807) is 0 Å². The van der Waals surface area contributed by atoms with Gasteiger partial charge in [0.25, 0.3) is 0 Å². The molecule has 2 aliphatic rings. The zero-order valence-electron chi connectivity index (χ0n) is 7.97. The van der Waals surface area contributed by atoms with E-state index < -0.39 is 0 Å². The summed E-state index contributed by atoms with van der Waals surface area (Å²) in [7, 11) is 0. The molecule has 3 nitrogen and oxygen atoms in total. The maximum absolute atomic E-state index is 11.4. The first-order valence-electron chi connectivity index (χ1n) is 4.79. The first-order chi connectivity index (χ1) is 6.66. The van der Waals surface area contributed by atoms with Gasteiger partial charge < -0.3 is 4.74 Å². The fourth-order valence-corrected chi connectivity index (χ4v) is 1.68. The minimum absolute atomic E-state index is 0.0115. The summed E-state index contributed by atoms with van der Waals surface area (Å²) in [6.07, 6.45) is 3.02. The van der Waals surface area contributed by atoms with Gasteiger partial charge in [-0.3, -0.25) is 9.59 Å². The molecule has 0 unspecified atom stereocenters. The number of carbonyl (C=O) groups is 2. The van der Waals surface area contributed by atoms with Crippen molar-refractivity contribution in [3.8, 4) is 0 Å². The van der Waals surface area contributed by atoms with Gasteiger partial charge in [-0.2, -0.15) is 0 Å². The molecule has 0 bridgehead atoms. The molecule has 1 heterocycles. The van der Waals surface area contributed by atoms with Gasteiger partial charge in [-0.25, -0.2) is 0 Å². The SMILES string of the molecule is C=C1CC(=O)OC2=C(CCC1=O)CC2. The molecule has 14 heavy (non-hydrogen) atoms. The smallest absolute Gasteiger partial charge is 0.315 e. The largest absolute Gasteiger partial charge is 0.431 e. The second kappa shape index (κ2) is 3.40. The lowest BCUT2D eigenvalue weighted by Crippen LogP contribution is -2.12. The Labute approximate surface area is 82.4 Å². The quantitative estimate of drug-likeness (QED) is 0.435. The highest BCUT2D eigenvalue weighted by Gasteiger charge is 2.25. The Hall–Kier alpha value is -1.38. The van der Waals surface area contributed by atoms with Gasteiger partial charge in [0.2, 0.25) is 0 Å². The van der Waals surface area contributed by atoms with Crippen molar-refractivity contribution in [2.24, 2.45) is 0 Å². The molecule has 0 aromatic rings. The second-order valence-electron chi connectivity index (χ2n) is 3.70. The van der Waals surface area contributed by atoms with Crippen LogP contribution in [0.4, 0.5) is 0 Å². The zero-order valence-corrected chi connectivity index (χ0v) is 7.97. The van der Waals surface area contributed by atoms with Crippen molar-refractivity contribution >= 4 is 11.8 Å². The van der Waals surface area contributed by atoms with E-state index in [2.05, 4.69) is 6.58 Å². The molecule has 74 valence electrons. The van der Waals surface area contributed by atoms with Crippen LogP contribution >= 0.6 is 0 Å². The fourth-order valence-electron chi connectivity index (χ4n) is 1.68. The minimum atomic E-state index is -0.350. The van der Waals surface area contributed by atoms with E-state index in [-0.39, 0.29) is 18.2 Å². The summed E-state index contributed by atoms with van der Waals surface area (Å²) in [4.78, 5) is 22.7. The van der Waals surface area contributed by atoms with Crippen molar-refractivity contribution in [3.63, 3.8) is 0 Å². The van der Waals surface area contributed by atoms with Crippen LogP contribution in [0.1, 0.15) is 32.1 Å². The van der Waals surface area contributed by atoms with E-state index >= 15 is 0 Å². The number of rotatable bonds is 0. The van der Waals surface area contributed by atoms with Crippen LogP contribution in [-0.2, 0) is 14.3 Å². The first-order valence-corrected chi connectivity index (χ1v) is 4.79. The predicted molar refractivity (Wildman–Crippen MR) is 50.4 cm³/mol. The van der Waals surface area contributed by atoms with Crippen molar-refractivity contribution in [3.05, 3.63) is 23.5 Å².